The summed E-state index contributed by atoms with van der Waals surface area (Å²) in [5, 5.41) is 20.2. The number of hydrogen-bond acceptors (Lipinski definition) is 4. The second-order valence-electron chi connectivity index (χ2n) is 4.33. The zero-order valence-corrected chi connectivity index (χ0v) is 8.87. The van der Waals surface area contributed by atoms with E-state index >= 15 is 0 Å². The van der Waals surface area contributed by atoms with Crippen molar-refractivity contribution in [2.45, 2.75) is 17.8 Å². The van der Waals surface area contributed by atoms with Crippen LogP contribution in [0, 0.1) is 28.6 Å². The molecule has 0 aromatic rings. The van der Waals surface area contributed by atoms with Crippen LogP contribution in [-0.2, 0) is 9.59 Å². The van der Waals surface area contributed by atoms with Gasteiger partial charge >= 0.3 is 11.9 Å². The second-order valence-corrected chi connectivity index (χ2v) is 4.84. The number of halogens is 1. The largest absolute Gasteiger partial charge is 0.481 e. The van der Waals surface area contributed by atoms with Crippen molar-refractivity contribution in [1.82, 2.24) is 0 Å². The van der Waals surface area contributed by atoms with E-state index in [9.17, 15) is 14.5 Å². The third-order valence-electron chi connectivity index (χ3n) is 3.72. The van der Waals surface area contributed by atoms with Crippen LogP contribution in [0.4, 0.5) is 0 Å². The summed E-state index contributed by atoms with van der Waals surface area (Å²) < 4.78 is 0. The molecule has 6 atom stereocenters. The summed E-state index contributed by atoms with van der Waals surface area (Å²) in [4.78, 5) is 32.6. The van der Waals surface area contributed by atoms with E-state index in [1.807, 2.05) is 0 Å². The van der Waals surface area contributed by atoms with E-state index in [0.717, 1.165) is 0 Å². The third kappa shape index (κ3) is 1.32. The summed E-state index contributed by atoms with van der Waals surface area (Å²) in [6.45, 7) is 0. The summed E-state index contributed by atoms with van der Waals surface area (Å²) >= 11 is 5.93. The molecule has 2 saturated carbocycles. The lowest BCUT2D eigenvalue weighted by Gasteiger charge is -2.30. The van der Waals surface area contributed by atoms with Crippen molar-refractivity contribution in [2.24, 2.45) is 28.8 Å². The molecule has 0 heterocycles. The second kappa shape index (κ2) is 3.69. The maximum atomic E-state index is 11.0. The Hall–Kier alpha value is -1.17. The first-order valence-electron chi connectivity index (χ1n) is 4.91. The number of carboxylic acids is 2. The molecule has 2 bridgehead atoms. The first-order chi connectivity index (χ1) is 7.49. The van der Waals surface area contributed by atoms with Crippen molar-refractivity contribution in [3.63, 3.8) is 0 Å². The van der Waals surface area contributed by atoms with Crippen LogP contribution >= 0.6 is 11.6 Å². The lowest BCUT2D eigenvalue weighted by molar-refractivity contribution is -0.156. The van der Waals surface area contributed by atoms with E-state index in [1.54, 1.807) is 0 Å². The Morgan fingerprint density at radius 3 is 2.06 bits per heavy atom. The number of carboxylic acid groups (broad SMARTS) is 2. The Labute approximate surface area is 95.6 Å². The van der Waals surface area contributed by atoms with E-state index in [2.05, 4.69) is 5.18 Å². The number of aliphatic carboxylic acids is 2. The minimum atomic E-state index is -1.18. The average molecular weight is 248 g/mol. The zero-order chi connectivity index (χ0) is 12.0. The Morgan fingerprint density at radius 2 is 1.62 bits per heavy atom. The van der Waals surface area contributed by atoms with Gasteiger partial charge in [-0.25, -0.2) is 0 Å². The molecule has 0 amide bonds. The number of nitrogens with zero attached hydrogens (tertiary/aromatic N) is 1. The van der Waals surface area contributed by atoms with Gasteiger partial charge in [0.25, 0.3) is 0 Å². The summed E-state index contributed by atoms with van der Waals surface area (Å²) in [5.74, 6) is -5.38. The first-order valence-corrected chi connectivity index (χ1v) is 5.34. The van der Waals surface area contributed by atoms with Gasteiger partial charge in [0, 0.05) is 5.92 Å². The lowest BCUT2D eigenvalue weighted by atomic mass is 9.77. The van der Waals surface area contributed by atoms with Gasteiger partial charge in [-0.3, -0.25) is 9.59 Å². The minimum absolute atomic E-state index is 0.360. The van der Waals surface area contributed by atoms with Crippen LogP contribution in [0.2, 0.25) is 0 Å². The molecule has 16 heavy (non-hydrogen) atoms. The number of nitroso groups, excluding NO2 is 1. The van der Waals surface area contributed by atoms with Crippen molar-refractivity contribution in [3.8, 4) is 0 Å². The summed E-state index contributed by atoms with van der Waals surface area (Å²) in [7, 11) is 0. The molecular weight excluding hydrogens is 238 g/mol. The highest BCUT2D eigenvalue weighted by Gasteiger charge is 2.63. The van der Waals surface area contributed by atoms with Gasteiger partial charge in [0.15, 0.2) is 0 Å². The SMILES string of the molecule is O=NC1C(Cl)C2CC1C(C(=O)O)C2C(=O)O. The minimum Gasteiger partial charge on any atom is -0.481 e. The van der Waals surface area contributed by atoms with Gasteiger partial charge in [-0.2, -0.15) is 4.91 Å². The van der Waals surface area contributed by atoms with Gasteiger partial charge in [-0.1, -0.05) is 5.18 Å². The number of alkyl halides is 1. The van der Waals surface area contributed by atoms with Crippen LogP contribution in [0.3, 0.4) is 0 Å². The smallest absolute Gasteiger partial charge is 0.307 e. The first kappa shape index (κ1) is 11.3. The van der Waals surface area contributed by atoms with Gasteiger partial charge in [0.1, 0.15) is 6.04 Å². The van der Waals surface area contributed by atoms with Crippen LogP contribution in [0.1, 0.15) is 6.42 Å². The molecule has 0 aromatic heterocycles. The van der Waals surface area contributed by atoms with Crippen molar-refractivity contribution < 1.29 is 19.8 Å². The topological polar surface area (TPSA) is 104 Å². The molecule has 0 aliphatic heterocycles. The standard InChI is InChI=1S/C9H10ClNO5/c10-6-2-1-3(7(6)11-16)5(9(14)15)4(2)8(12)13/h2-7H,1H2,(H,12,13)(H,14,15). The Kier molecular flexibility index (Phi) is 2.61. The van der Waals surface area contributed by atoms with Crippen LogP contribution in [0.5, 0.6) is 0 Å². The molecule has 0 radical (unpaired) electrons. The molecule has 0 aromatic carbocycles. The van der Waals surface area contributed by atoms with Crippen molar-refractivity contribution in [2.75, 3.05) is 0 Å². The van der Waals surface area contributed by atoms with Gasteiger partial charge in [0.2, 0.25) is 0 Å². The fourth-order valence-electron chi connectivity index (χ4n) is 3.12. The normalized spacial score (nSPS) is 45.6. The molecule has 0 saturated heterocycles. The zero-order valence-electron chi connectivity index (χ0n) is 8.12. The van der Waals surface area contributed by atoms with Gasteiger partial charge in [0.05, 0.1) is 17.2 Å². The highest BCUT2D eigenvalue weighted by atomic mass is 35.5. The van der Waals surface area contributed by atoms with E-state index < -0.39 is 47.0 Å². The molecule has 2 fully saturated rings. The highest BCUT2D eigenvalue weighted by molar-refractivity contribution is 6.22. The van der Waals surface area contributed by atoms with Crippen molar-refractivity contribution in [1.29, 1.82) is 0 Å². The third-order valence-corrected chi connectivity index (χ3v) is 4.30. The molecule has 2 aliphatic rings. The maximum Gasteiger partial charge on any atom is 0.307 e. The summed E-state index contributed by atoms with van der Waals surface area (Å²) in [6.07, 6.45) is 0.360. The van der Waals surface area contributed by atoms with Gasteiger partial charge in [-0.05, 0) is 12.3 Å². The van der Waals surface area contributed by atoms with Gasteiger partial charge < -0.3 is 10.2 Å². The van der Waals surface area contributed by atoms with Crippen LogP contribution in [0.25, 0.3) is 0 Å². The van der Waals surface area contributed by atoms with Crippen LogP contribution in [0.15, 0.2) is 5.18 Å². The van der Waals surface area contributed by atoms with E-state index in [1.165, 1.54) is 0 Å². The number of fused-ring (bicyclic) bond motifs is 2. The van der Waals surface area contributed by atoms with Crippen LogP contribution in [-0.4, -0.2) is 33.6 Å². The molecule has 88 valence electrons. The molecule has 2 rings (SSSR count). The summed E-state index contributed by atoms with van der Waals surface area (Å²) in [5.41, 5.74) is 0. The maximum absolute atomic E-state index is 11.0. The highest BCUT2D eigenvalue weighted by Crippen LogP contribution is 2.55. The Bertz CT molecular complexity index is 360. The predicted molar refractivity (Wildman–Crippen MR) is 53.1 cm³/mol. The predicted octanol–water partition coefficient (Wildman–Crippen LogP) is 0.780. The summed E-state index contributed by atoms with van der Waals surface area (Å²) in [6, 6.07) is -0.775. The van der Waals surface area contributed by atoms with Crippen molar-refractivity contribution in [3.05, 3.63) is 4.91 Å². The quantitative estimate of drug-likeness (QED) is 0.566. The number of rotatable bonds is 3. The molecule has 6 unspecified atom stereocenters. The Balaban J connectivity index is 2.35. The molecule has 7 heteroatoms. The molecule has 2 N–H and O–H groups in total. The molecule has 6 nitrogen and oxygen atoms in total. The molecule has 0 spiro atoms. The number of carbonyl (C=O) groups is 2. The monoisotopic (exact) mass is 247 g/mol. The fourth-order valence-corrected chi connectivity index (χ4v) is 3.61. The number of hydrogen-bond donors (Lipinski definition) is 2. The molecule has 2 aliphatic carbocycles. The lowest BCUT2D eigenvalue weighted by Crippen LogP contribution is -2.44. The van der Waals surface area contributed by atoms with Gasteiger partial charge in [-0.15, -0.1) is 11.6 Å². The molecular formula is C9H10ClNO5. The van der Waals surface area contributed by atoms with Crippen LogP contribution < -0.4 is 0 Å². The fraction of sp³-hybridized carbons (Fsp3) is 0.778. The Morgan fingerprint density at radius 1 is 1.12 bits per heavy atom. The average Bonchev–Trinajstić information content (AvgIpc) is 2.71. The van der Waals surface area contributed by atoms with E-state index in [4.69, 9.17) is 21.8 Å². The van der Waals surface area contributed by atoms with E-state index in [0.29, 0.717) is 6.42 Å². The van der Waals surface area contributed by atoms with Crippen molar-refractivity contribution >= 4 is 23.5 Å². The van der Waals surface area contributed by atoms with E-state index in [-0.39, 0.29) is 0 Å².